The predicted molar refractivity (Wildman–Crippen MR) is 149 cm³/mol. The normalized spacial score (nSPS) is 17.1. The summed E-state index contributed by atoms with van der Waals surface area (Å²) in [6.45, 7) is 8.71. The summed E-state index contributed by atoms with van der Waals surface area (Å²) in [6.07, 6.45) is 0.907. The van der Waals surface area contributed by atoms with Crippen molar-refractivity contribution in [1.29, 1.82) is 0 Å². The SMILES string of the molecule is COc1cc(C)cc2c1[nH]c1ccc([C@H]3CC(C)(C)Oc4c(C)cc5c([nH]c6ccccc65)c43)cc12. The first kappa shape index (κ1) is 21.4. The van der Waals surface area contributed by atoms with Crippen LogP contribution in [-0.2, 0) is 0 Å². The monoisotopic (exact) mass is 474 g/mol. The lowest BCUT2D eigenvalue weighted by atomic mass is 9.78. The van der Waals surface area contributed by atoms with Gasteiger partial charge in [-0.3, -0.25) is 0 Å². The first-order valence-corrected chi connectivity index (χ1v) is 12.7. The summed E-state index contributed by atoms with van der Waals surface area (Å²) in [5.74, 6) is 2.11. The Morgan fingerprint density at radius 2 is 1.58 bits per heavy atom. The van der Waals surface area contributed by atoms with Crippen molar-refractivity contribution in [2.75, 3.05) is 7.11 Å². The number of aromatic nitrogens is 2. The topological polar surface area (TPSA) is 50.0 Å². The number of hydrogen-bond donors (Lipinski definition) is 2. The second-order valence-electron chi connectivity index (χ2n) is 11.0. The fourth-order valence-corrected chi connectivity index (χ4v) is 6.30. The standard InChI is InChI=1S/C32H30N2O2/c1-17-12-22-21-15-19(10-11-26(21)33-29(22)27(13-17)35-5)24-16-32(3,4)36-31-18(2)14-23-20-8-6-7-9-25(20)34-30(23)28(24)31/h6-15,24,33-34H,16H2,1-5H3/t24-/m1/s1. The minimum absolute atomic E-state index is 0.209. The van der Waals surface area contributed by atoms with Crippen LogP contribution in [0.3, 0.4) is 0 Å². The van der Waals surface area contributed by atoms with Crippen LogP contribution in [0.5, 0.6) is 11.5 Å². The Morgan fingerprint density at radius 3 is 2.42 bits per heavy atom. The van der Waals surface area contributed by atoms with E-state index in [1.54, 1.807) is 7.11 Å². The molecule has 0 spiro atoms. The third-order valence-electron chi connectivity index (χ3n) is 7.86. The molecule has 0 unspecified atom stereocenters. The molecule has 4 aromatic carbocycles. The molecule has 0 aliphatic carbocycles. The van der Waals surface area contributed by atoms with E-state index in [1.165, 1.54) is 54.8 Å². The molecule has 1 aliphatic rings. The van der Waals surface area contributed by atoms with Crippen LogP contribution in [0.2, 0.25) is 0 Å². The van der Waals surface area contributed by atoms with Crippen molar-refractivity contribution in [3.05, 3.63) is 82.9 Å². The van der Waals surface area contributed by atoms with Gasteiger partial charge in [-0.1, -0.05) is 24.3 Å². The predicted octanol–water partition coefficient (Wildman–Crippen LogP) is 8.27. The highest BCUT2D eigenvalue weighted by Crippen LogP contribution is 2.50. The first-order chi connectivity index (χ1) is 17.3. The second-order valence-corrected chi connectivity index (χ2v) is 11.0. The molecule has 2 aromatic heterocycles. The van der Waals surface area contributed by atoms with E-state index in [9.17, 15) is 0 Å². The molecular formula is C32H30N2O2. The Hall–Kier alpha value is -3.92. The van der Waals surface area contributed by atoms with Crippen LogP contribution >= 0.6 is 0 Å². The molecule has 180 valence electrons. The van der Waals surface area contributed by atoms with Gasteiger partial charge in [-0.15, -0.1) is 0 Å². The van der Waals surface area contributed by atoms with E-state index in [0.29, 0.717) is 0 Å². The van der Waals surface area contributed by atoms with Gasteiger partial charge >= 0.3 is 0 Å². The third-order valence-corrected chi connectivity index (χ3v) is 7.86. The average Bonchev–Trinajstić information content (AvgIpc) is 3.40. The highest BCUT2D eigenvalue weighted by Gasteiger charge is 2.37. The zero-order valence-corrected chi connectivity index (χ0v) is 21.4. The largest absolute Gasteiger partial charge is 0.495 e. The fourth-order valence-electron chi connectivity index (χ4n) is 6.30. The lowest BCUT2D eigenvalue weighted by Gasteiger charge is -2.39. The molecule has 0 fully saturated rings. The number of nitrogens with one attached hydrogen (secondary N) is 2. The smallest absolute Gasteiger partial charge is 0.143 e. The molecule has 0 amide bonds. The molecule has 0 saturated carbocycles. The number of para-hydroxylation sites is 1. The van der Waals surface area contributed by atoms with Crippen molar-refractivity contribution in [1.82, 2.24) is 9.97 Å². The number of benzene rings is 4. The molecule has 6 aromatic rings. The van der Waals surface area contributed by atoms with E-state index in [4.69, 9.17) is 9.47 Å². The van der Waals surface area contributed by atoms with Crippen molar-refractivity contribution >= 4 is 43.6 Å². The van der Waals surface area contributed by atoms with Gasteiger partial charge in [-0.2, -0.15) is 0 Å². The molecule has 1 atom stereocenters. The maximum Gasteiger partial charge on any atom is 0.143 e. The quantitative estimate of drug-likeness (QED) is 0.265. The Labute approximate surface area is 210 Å². The zero-order chi connectivity index (χ0) is 24.8. The maximum atomic E-state index is 6.65. The van der Waals surface area contributed by atoms with Crippen molar-refractivity contribution in [2.24, 2.45) is 0 Å². The molecule has 4 nitrogen and oxygen atoms in total. The van der Waals surface area contributed by atoms with Gasteiger partial charge in [0, 0.05) is 44.1 Å². The molecule has 0 bridgehead atoms. The number of aromatic amines is 2. The highest BCUT2D eigenvalue weighted by molar-refractivity contribution is 6.11. The lowest BCUT2D eigenvalue weighted by molar-refractivity contribution is 0.0771. The molecule has 0 radical (unpaired) electrons. The number of methoxy groups -OCH3 is 1. The molecule has 7 rings (SSSR count). The van der Waals surface area contributed by atoms with E-state index < -0.39 is 0 Å². The summed E-state index contributed by atoms with van der Waals surface area (Å²) in [4.78, 5) is 7.33. The molecule has 2 N–H and O–H groups in total. The summed E-state index contributed by atoms with van der Waals surface area (Å²) >= 11 is 0. The first-order valence-electron chi connectivity index (χ1n) is 12.7. The molecular weight excluding hydrogens is 444 g/mol. The van der Waals surface area contributed by atoms with Crippen molar-refractivity contribution in [3.8, 4) is 11.5 Å². The molecule has 0 saturated heterocycles. The Kier molecular flexibility index (Phi) is 4.33. The molecule has 1 aliphatic heterocycles. The minimum Gasteiger partial charge on any atom is -0.495 e. The number of fused-ring (bicyclic) bond motifs is 8. The van der Waals surface area contributed by atoms with E-state index in [-0.39, 0.29) is 11.5 Å². The summed E-state index contributed by atoms with van der Waals surface area (Å²) < 4.78 is 12.3. The van der Waals surface area contributed by atoms with E-state index in [2.05, 4.69) is 98.3 Å². The number of ether oxygens (including phenoxy) is 2. The summed E-state index contributed by atoms with van der Waals surface area (Å²) in [7, 11) is 1.74. The van der Waals surface area contributed by atoms with Gasteiger partial charge in [0.25, 0.3) is 0 Å². The van der Waals surface area contributed by atoms with Gasteiger partial charge in [0.15, 0.2) is 0 Å². The van der Waals surface area contributed by atoms with Gasteiger partial charge in [0.1, 0.15) is 17.1 Å². The zero-order valence-electron chi connectivity index (χ0n) is 21.4. The highest BCUT2D eigenvalue weighted by atomic mass is 16.5. The number of aryl methyl sites for hydroxylation is 2. The molecule has 36 heavy (non-hydrogen) atoms. The maximum absolute atomic E-state index is 6.65. The van der Waals surface area contributed by atoms with Gasteiger partial charge in [0.2, 0.25) is 0 Å². The molecule has 4 heteroatoms. The number of hydrogen-bond acceptors (Lipinski definition) is 2. The van der Waals surface area contributed by atoms with E-state index in [0.717, 1.165) is 29.0 Å². The fraction of sp³-hybridized carbons (Fsp3) is 0.250. The van der Waals surface area contributed by atoms with Crippen LogP contribution in [0.15, 0.2) is 60.7 Å². The Balaban J connectivity index is 1.52. The van der Waals surface area contributed by atoms with E-state index >= 15 is 0 Å². The van der Waals surface area contributed by atoms with Crippen molar-refractivity contribution < 1.29 is 9.47 Å². The minimum atomic E-state index is -0.267. The van der Waals surface area contributed by atoms with Crippen LogP contribution in [-0.4, -0.2) is 22.7 Å². The van der Waals surface area contributed by atoms with Crippen LogP contribution in [0, 0.1) is 13.8 Å². The third kappa shape index (κ3) is 3.00. The van der Waals surface area contributed by atoms with Crippen molar-refractivity contribution in [2.45, 2.75) is 45.6 Å². The van der Waals surface area contributed by atoms with Gasteiger partial charge in [-0.05, 0) is 87.2 Å². The van der Waals surface area contributed by atoms with Crippen LogP contribution in [0.1, 0.15) is 48.4 Å². The summed E-state index contributed by atoms with van der Waals surface area (Å²) in [6, 6.07) is 22.1. The lowest BCUT2D eigenvalue weighted by Crippen LogP contribution is -2.35. The van der Waals surface area contributed by atoms with Crippen LogP contribution in [0.4, 0.5) is 0 Å². The van der Waals surface area contributed by atoms with Gasteiger partial charge in [-0.25, -0.2) is 0 Å². The second kappa shape index (κ2) is 7.30. The van der Waals surface area contributed by atoms with Crippen LogP contribution < -0.4 is 9.47 Å². The summed E-state index contributed by atoms with van der Waals surface area (Å²) in [5, 5.41) is 4.96. The Bertz CT molecular complexity index is 1840. The van der Waals surface area contributed by atoms with E-state index in [1.807, 2.05) is 0 Å². The summed E-state index contributed by atoms with van der Waals surface area (Å²) in [5.41, 5.74) is 9.23. The van der Waals surface area contributed by atoms with Gasteiger partial charge in [0.05, 0.1) is 18.1 Å². The average molecular weight is 475 g/mol. The number of H-pyrrole nitrogens is 2. The van der Waals surface area contributed by atoms with Gasteiger partial charge < -0.3 is 19.4 Å². The van der Waals surface area contributed by atoms with Crippen LogP contribution in [0.25, 0.3) is 43.6 Å². The Morgan fingerprint density at radius 1 is 0.833 bits per heavy atom. The molecule has 3 heterocycles. The number of rotatable bonds is 2. The van der Waals surface area contributed by atoms with Crippen molar-refractivity contribution in [3.63, 3.8) is 0 Å².